The second-order valence-corrected chi connectivity index (χ2v) is 12.8. The Balaban J connectivity index is 1.38. The smallest absolute Gasteiger partial charge is 0.355 e. The van der Waals surface area contributed by atoms with E-state index in [0.29, 0.717) is 34.6 Å². The Morgan fingerprint density at radius 3 is 2.36 bits per heavy atom. The summed E-state index contributed by atoms with van der Waals surface area (Å²) in [5, 5.41) is 7.33. The van der Waals surface area contributed by atoms with Gasteiger partial charge in [-0.25, -0.2) is 4.52 Å². The van der Waals surface area contributed by atoms with Gasteiger partial charge in [-0.1, -0.05) is 46.3 Å². The zero-order valence-corrected chi connectivity index (χ0v) is 26.8. The number of carbonyl (C=O) groups excluding carboxylic acids is 2. The fourth-order valence-electron chi connectivity index (χ4n) is 6.51. The Morgan fingerprint density at radius 1 is 1.00 bits per heavy atom. The molecule has 1 fully saturated rings. The maximum absolute atomic E-state index is 14.5. The van der Waals surface area contributed by atoms with Crippen LogP contribution in [0, 0.1) is 5.92 Å². The van der Waals surface area contributed by atoms with Gasteiger partial charge >= 0.3 is 6.18 Å². The zero-order chi connectivity index (χ0) is 33.0. The lowest BCUT2D eigenvalue weighted by Gasteiger charge is -2.37. The molecule has 3 heterocycles. The first-order chi connectivity index (χ1) is 22.5. The molecule has 7 rings (SSSR count). The van der Waals surface area contributed by atoms with Crippen molar-refractivity contribution in [1.82, 2.24) is 24.4 Å². The molecular formula is C35H29BrF3N5O3. The topological polar surface area (TPSA) is 88.7 Å². The first kappa shape index (κ1) is 30.9. The maximum Gasteiger partial charge on any atom is 0.417 e. The molecule has 47 heavy (non-hydrogen) atoms. The number of aromatic nitrogens is 3. The van der Waals surface area contributed by atoms with Crippen LogP contribution in [0.1, 0.15) is 61.5 Å². The summed E-state index contributed by atoms with van der Waals surface area (Å²) in [7, 11) is 1.55. The number of rotatable bonds is 6. The summed E-state index contributed by atoms with van der Waals surface area (Å²) >= 11 is 2.97. The summed E-state index contributed by atoms with van der Waals surface area (Å²) in [6, 6.07) is 19.7. The third kappa shape index (κ3) is 5.64. The number of hydrogen-bond acceptors (Lipinski definition) is 4. The van der Waals surface area contributed by atoms with E-state index >= 15 is 0 Å². The minimum atomic E-state index is -4.64. The van der Waals surface area contributed by atoms with Crippen LogP contribution in [-0.2, 0) is 25.6 Å². The molecule has 2 aliphatic rings. The molecule has 0 unspecified atom stereocenters. The Labute approximate surface area is 275 Å². The monoisotopic (exact) mass is 703 g/mol. The summed E-state index contributed by atoms with van der Waals surface area (Å²) in [5.41, 5.74) is 3.10. The number of hydrogen-bond donors (Lipinski definition) is 1. The summed E-state index contributed by atoms with van der Waals surface area (Å²) in [4.78, 5) is 42.4. The molecule has 8 nitrogen and oxygen atoms in total. The number of alkyl halides is 3. The summed E-state index contributed by atoms with van der Waals surface area (Å²) in [6.07, 6.45) is -0.490. The highest BCUT2D eigenvalue weighted by atomic mass is 79.9. The van der Waals surface area contributed by atoms with Crippen LogP contribution in [0.25, 0.3) is 11.3 Å². The summed E-state index contributed by atoms with van der Waals surface area (Å²) < 4.78 is 44.4. The molecule has 2 aromatic heterocycles. The van der Waals surface area contributed by atoms with Crippen LogP contribution >= 0.6 is 15.9 Å². The van der Waals surface area contributed by atoms with E-state index in [0.717, 1.165) is 30.0 Å². The summed E-state index contributed by atoms with van der Waals surface area (Å²) in [6.45, 7) is 0.0153. The molecule has 1 atom stereocenters. The molecule has 2 amide bonds. The van der Waals surface area contributed by atoms with Gasteiger partial charge in [0.25, 0.3) is 17.4 Å². The van der Waals surface area contributed by atoms with Crippen LogP contribution in [0.2, 0.25) is 0 Å². The Morgan fingerprint density at radius 2 is 1.70 bits per heavy atom. The fraction of sp³-hybridized carbons (Fsp3) is 0.257. The lowest BCUT2D eigenvalue weighted by Crippen LogP contribution is -2.48. The zero-order valence-electron chi connectivity index (χ0n) is 25.2. The molecule has 1 N–H and O–H groups in total. The van der Waals surface area contributed by atoms with Gasteiger partial charge in [-0.3, -0.25) is 19.0 Å². The molecule has 5 aromatic rings. The van der Waals surface area contributed by atoms with Crippen LogP contribution in [-0.4, -0.2) is 44.0 Å². The first-order valence-electron chi connectivity index (χ1n) is 15.2. The van der Waals surface area contributed by atoms with Crippen LogP contribution in [0.3, 0.4) is 0 Å². The molecule has 0 spiro atoms. The Bertz CT molecular complexity index is 2090. The third-order valence-electron chi connectivity index (χ3n) is 9.03. The quantitative estimate of drug-likeness (QED) is 0.228. The van der Waals surface area contributed by atoms with Crippen molar-refractivity contribution in [2.75, 3.05) is 7.05 Å². The molecule has 0 bridgehead atoms. The van der Waals surface area contributed by atoms with E-state index in [4.69, 9.17) is 5.10 Å². The van der Waals surface area contributed by atoms with Gasteiger partial charge in [0.2, 0.25) is 0 Å². The van der Waals surface area contributed by atoms with Crippen molar-refractivity contribution in [2.24, 2.45) is 5.92 Å². The van der Waals surface area contributed by atoms with E-state index in [2.05, 4.69) is 21.2 Å². The first-order valence-corrected chi connectivity index (χ1v) is 16.0. The second-order valence-electron chi connectivity index (χ2n) is 12.0. The SMILES string of the molecule is CNC(=O)c1ccc(-n2c(=O)c3c(n4ncc(Cc5ccccc5)c24)CN(C(=O)c2ccc(Br)c(C(F)(F)F)c2)[C@@H](C2CC2)C3)cc1. The van der Waals surface area contributed by atoms with Crippen molar-refractivity contribution in [3.63, 3.8) is 0 Å². The second kappa shape index (κ2) is 11.8. The van der Waals surface area contributed by atoms with E-state index in [1.165, 1.54) is 12.1 Å². The van der Waals surface area contributed by atoms with Crippen LogP contribution < -0.4 is 10.9 Å². The predicted octanol–water partition coefficient (Wildman–Crippen LogP) is 6.19. The van der Waals surface area contributed by atoms with E-state index in [-0.39, 0.29) is 46.4 Å². The average Bonchev–Trinajstić information content (AvgIpc) is 3.84. The number of nitrogens with zero attached hydrogens (tertiary/aromatic N) is 4. The van der Waals surface area contributed by atoms with Gasteiger partial charge in [-0.15, -0.1) is 0 Å². The number of carbonyl (C=O) groups is 2. The minimum absolute atomic E-state index is 0.0153. The van der Waals surface area contributed by atoms with E-state index < -0.39 is 17.6 Å². The largest absolute Gasteiger partial charge is 0.417 e. The highest BCUT2D eigenvalue weighted by molar-refractivity contribution is 9.10. The predicted molar refractivity (Wildman–Crippen MR) is 173 cm³/mol. The molecule has 1 aliphatic heterocycles. The molecule has 3 aromatic carbocycles. The standard InChI is InChI=1S/C35H29BrF3N5O3/c1-40-31(45)22-9-12-25(13-10-22)43-32-24(15-20-5-3-2-4-6-20)18-41-44(32)30-19-42(29(21-7-8-21)17-26(30)34(43)47)33(46)23-11-14-28(36)27(16-23)35(37,38)39/h2-6,9-14,16,18,21,29H,7-8,15,17,19H2,1H3,(H,40,45)/t29-/m1/s1. The molecular weight excluding hydrogens is 675 g/mol. The lowest BCUT2D eigenvalue weighted by molar-refractivity contribution is -0.138. The van der Waals surface area contributed by atoms with Gasteiger partial charge in [0, 0.05) is 52.7 Å². The molecule has 240 valence electrons. The van der Waals surface area contributed by atoms with Crippen molar-refractivity contribution in [3.8, 4) is 5.69 Å². The number of benzene rings is 3. The highest BCUT2D eigenvalue weighted by Gasteiger charge is 2.43. The van der Waals surface area contributed by atoms with Gasteiger partial charge < -0.3 is 10.2 Å². The minimum Gasteiger partial charge on any atom is -0.355 e. The van der Waals surface area contributed by atoms with E-state index in [1.807, 2.05) is 30.3 Å². The highest BCUT2D eigenvalue weighted by Crippen LogP contribution is 2.41. The van der Waals surface area contributed by atoms with E-state index in [9.17, 15) is 27.6 Å². The summed E-state index contributed by atoms with van der Waals surface area (Å²) in [5.74, 6) is -0.644. The Kier molecular flexibility index (Phi) is 7.78. The molecule has 1 saturated carbocycles. The number of fused-ring (bicyclic) bond motifs is 3. The van der Waals surface area contributed by atoms with Gasteiger partial charge in [-0.05, 0) is 66.8 Å². The van der Waals surface area contributed by atoms with Crippen molar-refractivity contribution in [1.29, 1.82) is 0 Å². The Hall–Kier alpha value is -4.71. The maximum atomic E-state index is 14.5. The fourth-order valence-corrected chi connectivity index (χ4v) is 6.98. The number of nitrogens with one attached hydrogen (secondary N) is 1. The van der Waals surface area contributed by atoms with Crippen LogP contribution in [0.4, 0.5) is 13.2 Å². The van der Waals surface area contributed by atoms with Crippen LogP contribution in [0.15, 0.2) is 88.3 Å². The van der Waals surface area contributed by atoms with Crippen LogP contribution in [0.5, 0.6) is 0 Å². The van der Waals surface area contributed by atoms with Crippen molar-refractivity contribution in [3.05, 3.63) is 133 Å². The van der Waals surface area contributed by atoms with E-state index in [1.54, 1.807) is 51.5 Å². The molecule has 0 saturated heterocycles. The normalized spacial score (nSPS) is 16.3. The lowest BCUT2D eigenvalue weighted by atomic mass is 9.93. The third-order valence-corrected chi connectivity index (χ3v) is 9.72. The van der Waals surface area contributed by atoms with Gasteiger partial charge in [0.05, 0.1) is 29.7 Å². The molecule has 0 radical (unpaired) electrons. The van der Waals surface area contributed by atoms with Gasteiger partial charge in [0.1, 0.15) is 5.65 Å². The van der Waals surface area contributed by atoms with Crippen molar-refractivity contribution >= 4 is 33.4 Å². The average molecular weight is 705 g/mol. The van der Waals surface area contributed by atoms with Gasteiger partial charge in [0.15, 0.2) is 0 Å². The number of amides is 2. The molecule has 1 aliphatic carbocycles. The van der Waals surface area contributed by atoms with Crippen molar-refractivity contribution < 1.29 is 22.8 Å². The van der Waals surface area contributed by atoms with Crippen molar-refractivity contribution in [2.45, 2.75) is 44.4 Å². The number of halogens is 4. The van der Waals surface area contributed by atoms with Gasteiger partial charge in [-0.2, -0.15) is 18.3 Å². The molecule has 12 heteroatoms.